The van der Waals surface area contributed by atoms with E-state index in [-0.39, 0.29) is 25.2 Å². The highest BCUT2D eigenvalue weighted by Crippen LogP contribution is 2.17. The van der Waals surface area contributed by atoms with E-state index in [0.29, 0.717) is 12.8 Å². The van der Waals surface area contributed by atoms with Crippen molar-refractivity contribution in [1.82, 2.24) is 0 Å². The molecule has 0 aromatic rings. The first-order chi connectivity index (χ1) is 32.6. The summed E-state index contributed by atoms with van der Waals surface area (Å²) in [5, 5.41) is 9.65. The van der Waals surface area contributed by atoms with Crippen molar-refractivity contribution in [2.75, 3.05) is 13.2 Å². The second-order valence-electron chi connectivity index (χ2n) is 19.0. The van der Waals surface area contributed by atoms with Gasteiger partial charge in [0.05, 0.1) is 6.61 Å². The molecule has 0 bridgehead atoms. The van der Waals surface area contributed by atoms with Crippen LogP contribution in [0.15, 0.2) is 72.9 Å². The molecule has 5 heteroatoms. The smallest absolute Gasteiger partial charge is 0.306 e. The number of hydrogen-bond acceptors (Lipinski definition) is 5. The van der Waals surface area contributed by atoms with Gasteiger partial charge in [-0.3, -0.25) is 9.59 Å². The van der Waals surface area contributed by atoms with Crippen molar-refractivity contribution in [3.63, 3.8) is 0 Å². The van der Waals surface area contributed by atoms with Gasteiger partial charge in [-0.25, -0.2) is 0 Å². The number of unbranched alkanes of at least 4 members (excludes halogenated alkanes) is 32. The summed E-state index contributed by atoms with van der Waals surface area (Å²) in [6.45, 7) is 4.06. The lowest BCUT2D eigenvalue weighted by Crippen LogP contribution is -2.28. The van der Waals surface area contributed by atoms with E-state index in [1.165, 1.54) is 180 Å². The Morgan fingerprint density at radius 3 is 0.985 bits per heavy atom. The maximum atomic E-state index is 12.3. The molecular formula is C61H108O5. The van der Waals surface area contributed by atoms with Crippen LogP contribution in [0.4, 0.5) is 0 Å². The van der Waals surface area contributed by atoms with Gasteiger partial charge >= 0.3 is 11.9 Å². The number of rotatable bonds is 52. The molecule has 0 amide bonds. The van der Waals surface area contributed by atoms with Gasteiger partial charge in [0.25, 0.3) is 0 Å². The fourth-order valence-electron chi connectivity index (χ4n) is 8.27. The highest BCUT2D eigenvalue weighted by atomic mass is 16.6. The van der Waals surface area contributed by atoms with E-state index in [1.54, 1.807) is 0 Å². The molecule has 0 radical (unpaired) electrons. The molecule has 0 spiro atoms. The summed E-state index contributed by atoms with van der Waals surface area (Å²) in [6, 6.07) is 0. The summed E-state index contributed by atoms with van der Waals surface area (Å²) in [6.07, 6.45) is 77.3. The Kier molecular flexibility index (Phi) is 54.4. The number of allylic oxidation sites excluding steroid dienone is 12. The first-order valence-corrected chi connectivity index (χ1v) is 28.5. The fraction of sp³-hybridized carbons (Fsp3) is 0.770. The van der Waals surface area contributed by atoms with Gasteiger partial charge in [-0.05, 0) is 64.2 Å². The lowest BCUT2D eigenvalue weighted by molar-refractivity contribution is -0.161. The normalized spacial score (nSPS) is 12.7. The van der Waals surface area contributed by atoms with Crippen molar-refractivity contribution in [1.29, 1.82) is 0 Å². The van der Waals surface area contributed by atoms with Gasteiger partial charge in [-0.2, -0.15) is 0 Å². The Labute approximate surface area is 410 Å². The number of ether oxygens (including phenoxy) is 2. The summed E-state index contributed by atoms with van der Waals surface area (Å²) in [4.78, 5) is 24.5. The quantitative estimate of drug-likeness (QED) is 0.0374. The van der Waals surface area contributed by atoms with E-state index in [2.05, 4.69) is 86.8 Å². The van der Waals surface area contributed by atoms with Crippen LogP contribution in [0.3, 0.4) is 0 Å². The molecule has 1 atom stereocenters. The van der Waals surface area contributed by atoms with Gasteiger partial charge in [0.2, 0.25) is 0 Å². The predicted molar refractivity (Wildman–Crippen MR) is 288 cm³/mol. The van der Waals surface area contributed by atoms with E-state index in [9.17, 15) is 14.7 Å². The minimum absolute atomic E-state index is 0.0648. The molecule has 1 unspecified atom stereocenters. The summed E-state index contributed by atoms with van der Waals surface area (Å²) < 4.78 is 10.7. The van der Waals surface area contributed by atoms with E-state index < -0.39 is 6.10 Å². The van der Waals surface area contributed by atoms with Gasteiger partial charge in [-0.1, -0.05) is 279 Å². The van der Waals surface area contributed by atoms with E-state index in [1.807, 2.05) is 0 Å². The van der Waals surface area contributed by atoms with Crippen LogP contribution in [-0.4, -0.2) is 36.4 Å². The van der Waals surface area contributed by atoms with Crippen LogP contribution in [0.1, 0.15) is 284 Å². The van der Waals surface area contributed by atoms with Gasteiger partial charge in [-0.15, -0.1) is 0 Å². The first kappa shape index (κ1) is 63.3. The zero-order valence-electron chi connectivity index (χ0n) is 43.7. The molecule has 0 aliphatic rings. The molecule has 0 rings (SSSR count). The minimum Gasteiger partial charge on any atom is -0.462 e. The van der Waals surface area contributed by atoms with Crippen LogP contribution in [0, 0.1) is 0 Å². The third-order valence-electron chi connectivity index (χ3n) is 12.5. The van der Waals surface area contributed by atoms with Crippen molar-refractivity contribution in [3.05, 3.63) is 72.9 Å². The molecule has 0 saturated carbocycles. The molecule has 0 aliphatic heterocycles. The number of aliphatic hydroxyl groups excluding tert-OH is 1. The van der Waals surface area contributed by atoms with Gasteiger partial charge < -0.3 is 14.6 Å². The average molecular weight is 922 g/mol. The molecule has 0 aromatic heterocycles. The topological polar surface area (TPSA) is 72.8 Å². The Balaban J connectivity index is 3.49. The minimum atomic E-state index is -0.774. The molecule has 0 fully saturated rings. The third kappa shape index (κ3) is 54.0. The molecule has 5 nitrogen and oxygen atoms in total. The van der Waals surface area contributed by atoms with Crippen LogP contribution in [0.5, 0.6) is 0 Å². The molecule has 0 aliphatic carbocycles. The van der Waals surface area contributed by atoms with Crippen molar-refractivity contribution < 1.29 is 24.2 Å². The van der Waals surface area contributed by atoms with Gasteiger partial charge in [0.15, 0.2) is 6.10 Å². The standard InChI is InChI=1S/C61H108O5/c1-3-5-7-9-11-13-15-17-19-21-23-25-26-27-28-29-30-31-32-33-34-36-38-40-42-44-46-48-50-52-54-56-61(64)66-59(57-62)58-65-60(63)55-53-51-49-47-45-43-41-39-37-35-24-22-20-18-16-14-12-10-8-6-4-2/h5,7,11,13,17,19,23,25,27-28,30-31,59,62H,3-4,6,8-10,12,14-16,18,20-22,24,26,29,32-58H2,1-2H3/b7-5-,13-11-,19-17-,25-23-,28-27-,31-30-. The van der Waals surface area contributed by atoms with Crippen molar-refractivity contribution in [2.45, 2.75) is 290 Å². The van der Waals surface area contributed by atoms with Gasteiger partial charge in [0.1, 0.15) is 6.61 Å². The summed E-state index contributed by atoms with van der Waals surface area (Å²) in [5.41, 5.74) is 0. The predicted octanol–water partition coefficient (Wildman–Crippen LogP) is 19.2. The summed E-state index contributed by atoms with van der Waals surface area (Å²) in [5.74, 6) is -0.582. The van der Waals surface area contributed by atoms with Crippen molar-refractivity contribution in [2.24, 2.45) is 0 Å². The second-order valence-corrected chi connectivity index (χ2v) is 19.0. The lowest BCUT2D eigenvalue weighted by Gasteiger charge is -2.15. The maximum absolute atomic E-state index is 12.3. The molecule has 1 N–H and O–H groups in total. The number of carbonyl (C=O) groups is 2. The zero-order chi connectivity index (χ0) is 47.7. The Hall–Kier alpha value is -2.66. The molecule has 382 valence electrons. The second kappa shape index (κ2) is 56.7. The molecule has 0 aromatic carbocycles. The maximum Gasteiger partial charge on any atom is 0.306 e. The highest BCUT2D eigenvalue weighted by molar-refractivity contribution is 5.70. The summed E-state index contributed by atoms with van der Waals surface area (Å²) in [7, 11) is 0. The first-order valence-electron chi connectivity index (χ1n) is 28.5. The molecule has 0 saturated heterocycles. The highest BCUT2D eigenvalue weighted by Gasteiger charge is 2.16. The van der Waals surface area contributed by atoms with E-state index >= 15 is 0 Å². The van der Waals surface area contributed by atoms with E-state index in [0.717, 1.165) is 77.0 Å². The number of aliphatic hydroxyl groups is 1. The largest absolute Gasteiger partial charge is 0.462 e. The Bertz CT molecular complexity index is 1180. The zero-order valence-corrected chi connectivity index (χ0v) is 43.7. The molecule has 66 heavy (non-hydrogen) atoms. The molecular weight excluding hydrogens is 813 g/mol. The monoisotopic (exact) mass is 921 g/mol. The fourth-order valence-corrected chi connectivity index (χ4v) is 8.27. The lowest BCUT2D eigenvalue weighted by atomic mass is 10.0. The third-order valence-corrected chi connectivity index (χ3v) is 12.5. The number of hydrogen-bond donors (Lipinski definition) is 1. The van der Waals surface area contributed by atoms with Crippen LogP contribution in [0.2, 0.25) is 0 Å². The Morgan fingerprint density at radius 1 is 0.364 bits per heavy atom. The van der Waals surface area contributed by atoms with Crippen molar-refractivity contribution in [3.8, 4) is 0 Å². The van der Waals surface area contributed by atoms with Crippen molar-refractivity contribution >= 4 is 11.9 Å². The van der Waals surface area contributed by atoms with Crippen LogP contribution in [-0.2, 0) is 19.1 Å². The molecule has 0 heterocycles. The van der Waals surface area contributed by atoms with Gasteiger partial charge in [0, 0.05) is 12.8 Å². The SMILES string of the molecule is CC/C=C\C/C=C\C/C=C\C/C=C\C/C=C\C/C=C\CCCCCCCCCCCCCCC(=O)OC(CO)COC(=O)CCCCCCCCCCCCCCCCCCCCCCC. The number of esters is 2. The number of carbonyl (C=O) groups excluding carboxylic acids is 2. The average Bonchev–Trinajstić information content (AvgIpc) is 3.32. The van der Waals surface area contributed by atoms with Crippen LogP contribution < -0.4 is 0 Å². The van der Waals surface area contributed by atoms with Crippen LogP contribution in [0.25, 0.3) is 0 Å². The van der Waals surface area contributed by atoms with E-state index in [4.69, 9.17) is 9.47 Å². The Morgan fingerprint density at radius 2 is 0.652 bits per heavy atom. The summed E-state index contributed by atoms with van der Waals surface area (Å²) >= 11 is 0. The van der Waals surface area contributed by atoms with Crippen LogP contribution >= 0.6 is 0 Å².